The van der Waals surface area contributed by atoms with E-state index in [2.05, 4.69) is 31.3 Å². The van der Waals surface area contributed by atoms with E-state index in [1.807, 2.05) is 30.9 Å². The van der Waals surface area contributed by atoms with Gasteiger partial charge in [0.25, 0.3) is 0 Å². The highest BCUT2D eigenvalue weighted by molar-refractivity contribution is 5.50. The number of likely N-dealkylation sites (tertiary alicyclic amines) is 1. The van der Waals surface area contributed by atoms with Crippen LogP contribution in [0.15, 0.2) is 36.9 Å². The number of aromatic nitrogens is 6. The summed E-state index contributed by atoms with van der Waals surface area (Å²) in [4.78, 5) is 20.3. The predicted molar refractivity (Wildman–Crippen MR) is 102 cm³/mol. The molecule has 4 heterocycles. The third-order valence-electron chi connectivity index (χ3n) is 4.74. The van der Waals surface area contributed by atoms with Crippen LogP contribution in [0.3, 0.4) is 0 Å². The predicted octanol–water partition coefficient (Wildman–Crippen LogP) is 2.78. The summed E-state index contributed by atoms with van der Waals surface area (Å²) >= 11 is 0. The number of nitrogens with zero attached hydrogens (tertiary/aromatic N) is 7. The lowest BCUT2D eigenvalue weighted by Gasteiger charge is -2.34. The second-order valence-corrected chi connectivity index (χ2v) is 6.93. The van der Waals surface area contributed by atoms with Crippen molar-refractivity contribution in [3.8, 4) is 0 Å². The van der Waals surface area contributed by atoms with Crippen LogP contribution < -0.4 is 5.32 Å². The van der Waals surface area contributed by atoms with Gasteiger partial charge in [-0.05, 0) is 32.4 Å². The zero-order valence-electron chi connectivity index (χ0n) is 15.7. The molecule has 0 aromatic carbocycles. The standard InChI is InChI=1S/C19H24N8/c1-14-11-17(23-18-12-20-7-8-21-18)24-19(22-14)16-5-3-4-9-27(16)13-15-6-10-26(2)25-15/h6-8,10-12,16H,3-5,9,13H2,1-2H3,(H,21,22,23,24). The van der Waals surface area contributed by atoms with E-state index in [1.54, 1.807) is 18.6 Å². The molecule has 1 aliphatic heterocycles. The van der Waals surface area contributed by atoms with E-state index in [9.17, 15) is 0 Å². The first-order valence-corrected chi connectivity index (χ1v) is 9.28. The van der Waals surface area contributed by atoms with Gasteiger partial charge in [0.05, 0.1) is 17.9 Å². The fourth-order valence-electron chi connectivity index (χ4n) is 3.53. The zero-order valence-corrected chi connectivity index (χ0v) is 15.7. The summed E-state index contributed by atoms with van der Waals surface area (Å²) < 4.78 is 1.85. The highest BCUT2D eigenvalue weighted by atomic mass is 15.3. The van der Waals surface area contributed by atoms with E-state index >= 15 is 0 Å². The van der Waals surface area contributed by atoms with Crippen molar-refractivity contribution < 1.29 is 0 Å². The molecular weight excluding hydrogens is 340 g/mol. The van der Waals surface area contributed by atoms with Crippen molar-refractivity contribution in [1.29, 1.82) is 0 Å². The molecule has 4 rings (SSSR count). The Hall–Kier alpha value is -2.87. The first-order chi connectivity index (χ1) is 13.2. The number of hydrogen-bond donors (Lipinski definition) is 1. The maximum absolute atomic E-state index is 4.79. The first kappa shape index (κ1) is 17.5. The molecule has 1 fully saturated rings. The molecule has 3 aromatic heterocycles. The Morgan fingerprint density at radius 2 is 2.11 bits per heavy atom. The van der Waals surface area contributed by atoms with Crippen LogP contribution in [0.2, 0.25) is 0 Å². The minimum atomic E-state index is 0.197. The van der Waals surface area contributed by atoms with Crippen LogP contribution in [0.25, 0.3) is 0 Å². The number of aryl methyl sites for hydroxylation is 2. The summed E-state index contributed by atoms with van der Waals surface area (Å²) in [6.45, 7) is 3.85. The third-order valence-corrected chi connectivity index (χ3v) is 4.74. The molecule has 0 aliphatic carbocycles. The molecule has 1 unspecified atom stereocenters. The lowest BCUT2D eigenvalue weighted by molar-refractivity contribution is 0.132. The Morgan fingerprint density at radius 1 is 1.19 bits per heavy atom. The van der Waals surface area contributed by atoms with Crippen molar-refractivity contribution in [1.82, 2.24) is 34.6 Å². The molecule has 3 aromatic rings. The fourth-order valence-corrected chi connectivity index (χ4v) is 3.53. The van der Waals surface area contributed by atoms with Gasteiger partial charge in [-0.2, -0.15) is 5.10 Å². The van der Waals surface area contributed by atoms with Gasteiger partial charge in [-0.15, -0.1) is 0 Å². The van der Waals surface area contributed by atoms with Gasteiger partial charge in [0.1, 0.15) is 17.5 Å². The van der Waals surface area contributed by atoms with Gasteiger partial charge in [-0.1, -0.05) is 6.42 Å². The summed E-state index contributed by atoms with van der Waals surface area (Å²) in [5, 5.41) is 7.76. The first-order valence-electron chi connectivity index (χ1n) is 9.28. The van der Waals surface area contributed by atoms with E-state index in [0.29, 0.717) is 5.82 Å². The summed E-state index contributed by atoms with van der Waals surface area (Å²) in [7, 11) is 1.95. The van der Waals surface area contributed by atoms with E-state index in [1.165, 1.54) is 12.8 Å². The van der Waals surface area contributed by atoms with Crippen molar-refractivity contribution in [2.75, 3.05) is 11.9 Å². The van der Waals surface area contributed by atoms with Crippen LogP contribution in [0.1, 0.15) is 42.5 Å². The lowest BCUT2D eigenvalue weighted by atomic mass is 10.0. The molecule has 140 valence electrons. The molecular formula is C19H24N8. The minimum absolute atomic E-state index is 0.197. The normalized spacial score (nSPS) is 17.8. The average Bonchev–Trinajstić information content (AvgIpc) is 3.07. The smallest absolute Gasteiger partial charge is 0.150 e. The summed E-state index contributed by atoms with van der Waals surface area (Å²) in [6, 6.07) is 4.21. The van der Waals surface area contributed by atoms with Gasteiger partial charge < -0.3 is 5.32 Å². The molecule has 0 saturated carbocycles. The number of anilines is 2. The van der Waals surface area contributed by atoms with Crippen molar-refractivity contribution >= 4 is 11.6 Å². The minimum Gasteiger partial charge on any atom is -0.324 e. The summed E-state index contributed by atoms with van der Waals surface area (Å²) in [5.41, 5.74) is 2.02. The second-order valence-electron chi connectivity index (χ2n) is 6.93. The summed E-state index contributed by atoms with van der Waals surface area (Å²) in [6.07, 6.45) is 10.4. The van der Waals surface area contributed by atoms with Gasteiger partial charge >= 0.3 is 0 Å². The van der Waals surface area contributed by atoms with Crippen LogP contribution in [0.5, 0.6) is 0 Å². The second kappa shape index (κ2) is 7.79. The zero-order chi connectivity index (χ0) is 18.6. The van der Waals surface area contributed by atoms with Crippen LogP contribution >= 0.6 is 0 Å². The number of nitrogens with one attached hydrogen (secondary N) is 1. The molecule has 27 heavy (non-hydrogen) atoms. The molecule has 8 nitrogen and oxygen atoms in total. The van der Waals surface area contributed by atoms with Crippen molar-refractivity contribution in [3.05, 3.63) is 54.1 Å². The van der Waals surface area contributed by atoms with E-state index in [-0.39, 0.29) is 6.04 Å². The maximum Gasteiger partial charge on any atom is 0.150 e. The SMILES string of the molecule is Cc1cc(Nc2cnccn2)nc(C2CCCCN2Cc2ccn(C)n2)n1. The number of piperidine rings is 1. The average molecular weight is 364 g/mol. The Labute approximate surface area is 158 Å². The van der Waals surface area contributed by atoms with Crippen LogP contribution in [-0.2, 0) is 13.6 Å². The molecule has 0 bridgehead atoms. The molecule has 1 N–H and O–H groups in total. The van der Waals surface area contributed by atoms with Crippen LogP contribution in [-0.4, -0.2) is 41.2 Å². The Balaban J connectivity index is 1.58. The monoisotopic (exact) mass is 364 g/mol. The van der Waals surface area contributed by atoms with E-state index < -0.39 is 0 Å². The van der Waals surface area contributed by atoms with Gasteiger partial charge in [0.15, 0.2) is 0 Å². The molecule has 0 amide bonds. The van der Waals surface area contributed by atoms with Gasteiger partial charge in [0.2, 0.25) is 0 Å². The summed E-state index contributed by atoms with van der Waals surface area (Å²) in [5.74, 6) is 2.29. The largest absolute Gasteiger partial charge is 0.324 e. The molecule has 8 heteroatoms. The fraction of sp³-hybridized carbons (Fsp3) is 0.421. The molecule has 1 saturated heterocycles. The lowest BCUT2D eigenvalue weighted by Crippen LogP contribution is -2.34. The molecule has 1 atom stereocenters. The van der Waals surface area contributed by atoms with E-state index in [4.69, 9.17) is 9.97 Å². The number of rotatable bonds is 5. The van der Waals surface area contributed by atoms with Crippen molar-refractivity contribution in [2.24, 2.45) is 7.05 Å². The highest BCUT2D eigenvalue weighted by Gasteiger charge is 2.27. The van der Waals surface area contributed by atoms with Crippen molar-refractivity contribution in [2.45, 2.75) is 38.8 Å². The van der Waals surface area contributed by atoms with Crippen LogP contribution in [0, 0.1) is 6.92 Å². The Bertz CT molecular complexity index is 892. The Morgan fingerprint density at radius 3 is 2.89 bits per heavy atom. The molecule has 0 spiro atoms. The quantitative estimate of drug-likeness (QED) is 0.745. The van der Waals surface area contributed by atoms with Gasteiger partial charge in [-0.25, -0.2) is 15.0 Å². The molecule has 1 aliphatic rings. The highest BCUT2D eigenvalue weighted by Crippen LogP contribution is 2.31. The number of hydrogen-bond acceptors (Lipinski definition) is 7. The maximum atomic E-state index is 4.79. The van der Waals surface area contributed by atoms with Gasteiger partial charge in [-0.3, -0.25) is 14.6 Å². The Kier molecular flexibility index (Phi) is 5.06. The van der Waals surface area contributed by atoms with E-state index in [0.717, 1.165) is 42.5 Å². The molecule has 0 radical (unpaired) electrons. The van der Waals surface area contributed by atoms with Gasteiger partial charge in [0, 0.05) is 43.9 Å². The van der Waals surface area contributed by atoms with Crippen LogP contribution in [0.4, 0.5) is 11.6 Å². The third kappa shape index (κ3) is 4.28. The van der Waals surface area contributed by atoms with Crippen molar-refractivity contribution in [3.63, 3.8) is 0 Å². The topological polar surface area (TPSA) is 84.7 Å².